The van der Waals surface area contributed by atoms with E-state index < -0.39 is 6.04 Å². The lowest BCUT2D eigenvalue weighted by atomic mass is 10.1. The Labute approximate surface area is 53.0 Å². The molecular formula is C6H9FN2. The minimum Gasteiger partial charge on any atom is -0.399 e. The van der Waals surface area contributed by atoms with Gasteiger partial charge >= 0.3 is 0 Å². The van der Waals surface area contributed by atoms with E-state index in [1.807, 2.05) is 0 Å². The van der Waals surface area contributed by atoms with Crippen LogP contribution in [0.3, 0.4) is 0 Å². The van der Waals surface area contributed by atoms with Crippen LogP contribution in [0.15, 0.2) is 23.7 Å². The lowest BCUT2D eigenvalue weighted by molar-refractivity contribution is 0.534. The van der Waals surface area contributed by atoms with Crippen LogP contribution in [-0.2, 0) is 0 Å². The van der Waals surface area contributed by atoms with Crippen molar-refractivity contribution >= 4 is 0 Å². The van der Waals surface area contributed by atoms with Crippen molar-refractivity contribution < 1.29 is 4.39 Å². The Balaban J connectivity index is 2.74. The highest BCUT2D eigenvalue weighted by molar-refractivity contribution is 5.25. The molecule has 0 bridgehead atoms. The van der Waals surface area contributed by atoms with Gasteiger partial charge in [0.25, 0.3) is 0 Å². The highest BCUT2D eigenvalue weighted by Gasteiger charge is 2.10. The van der Waals surface area contributed by atoms with Crippen LogP contribution >= 0.6 is 0 Å². The SMILES string of the molecule is NC1=CCC(N)C(F)=C1. The van der Waals surface area contributed by atoms with Crippen LogP contribution < -0.4 is 11.5 Å². The molecule has 1 aliphatic carbocycles. The zero-order chi connectivity index (χ0) is 6.85. The molecule has 0 aromatic carbocycles. The van der Waals surface area contributed by atoms with Gasteiger partial charge in [-0.3, -0.25) is 0 Å². The molecule has 0 heterocycles. The van der Waals surface area contributed by atoms with Crippen LogP contribution in [-0.4, -0.2) is 6.04 Å². The molecule has 1 unspecified atom stereocenters. The fraction of sp³-hybridized carbons (Fsp3) is 0.333. The van der Waals surface area contributed by atoms with Crippen LogP contribution in [0.1, 0.15) is 6.42 Å². The molecule has 0 saturated heterocycles. The van der Waals surface area contributed by atoms with E-state index in [9.17, 15) is 4.39 Å². The van der Waals surface area contributed by atoms with E-state index in [0.717, 1.165) is 0 Å². The Hall–Kier alpha value is -0.830. The Morgan fingerprint density at radius 3 is 2.78 bits per heavy atom. The number of allylic oxidation sites excluding steroid dienone is 1. The summed E-state index contributed by atoms with van der Waals surface area (Å²) in [6.45, 7) is 0. The fourth-order valence-corrected chi connectivity index (χ4v) is 0.701. The third-order valence-electron chi connectivity index (χ3n) is 1.27. The summed E-state index contributed by atoms with van der Waals surface area (Å²) in [5.41, 5.74) is 11.0. The van der Waals surface area contributed by atoms with Crippen LogP contribution in [0, 0.1) is 0 Å². The summed E-state index contributed by atoms with van der Waals surface area (Å²) >= 11 is 0. The first kappa shape index (κ1) is 6.29. The van der Waals surface area contributed by atoms with Crippen molar-refractivity contribution in [3.8, 4) is 0 Å². The second-order valence-electron chi connectivity index (χ2n) is 2.08. The monoisotopic (exact) mass is 128 g/mol. The predicted octanol–water partition coefficient (Wildman–Crippen LogP) is 0.413. The zero-order valence-corrected chi connectivity index (χ0v) is 4.97. The summed E-state index contributed by atoms with van der Waals surface area (Å²) < 4.78 is 12.4. The Kier molecular flexibility index (Phi) is 1.53. The van der Waals surface area contributed by atoms with Crippen molar-refractivity contribution in [2.24, 2.45) is 11.5 Å². The molecule has 0 radical (unpaired) electrons. The lowest BCUT2D eigenvalue weighted by Gasteiger charge is -2.10. The number of hydrogen-bond donors (Lipinski definition) is 2. The first-order valence-corrected chi connectivity index (χ1v) is 2.78. The highest BCUT2D eigenvalue weighted by Crippen LogP contribution is 2.13. The van der Waals surface area contributed by atoms with E-state index in [2.05, 4.69) is 0 Å². The second-order valence-corrected chi connectivity index (χ2v) is 2.08. The van der Waals surface area contributed by atoms with Crippen molar-refractivity contribution in [3.05, 3.63) is 23.7 Å². The molecule has 9 heavy (non-hydrogen) atoms. The molecule has 2 nitrogen and oxygen atoms in total. The summed E-state index contributed by atoms with van der Waals surface area (Å²) in [5.74, 6) is -0.324. The predicted molar refractivity (Wildman–Crippen MR) is 34.1 cm³/mol. The van der Waals surface area contributed by atoms with Gasteiger partial charge in [0.15, 0.2) is 0 Å². The van der Waals surface area contributed by atoms with Gasteiger partial charge in [0.2, 0.25) is 0 Å². The molecule has 4 N–H and O–H groups in total. The Bertz CT molecular complexity index is 172. The molecule has 0 amide bonds. The molecule has 0 fully saturated rings. The molecule has 50 valence electrons. The maximum Gasteiger partial charge on any atom is 0.119 e. The summed E-state index contributed by atoms with van der Waals surface area (Å²) in [4.78, 5) is 0. The topological polar surface area (TPSA) is 52.0 Å². The van der Waals surface area contributed by atoms with Gasteiger partial charge in [-0.1, -0.05) is 6.08 Å². The van der Waals surface area contributed by atoms with Crippen molar-refractivity contribution in [3.63, 3.8) is 0 Å². The second kappa shape index (κ2) is 2.19. The first-order valence-electron chi connectivity index (χ1n) is 2.78. The van der Waals surface area contributed by atoms with E-state index in [0.29, 0.717) is 12.1 Å². The van der Waals surface area contributed by atoms with Crippen LogP contribution in [0.5, 0.6) is 0 Å². The van der Waals surface area contributed by atoms with Gasteiger partial charge in [-0.25, -0.2) is 4.39 Å². The van der Waals surface area contributed by atoms with Gasteiger partial charge in [-0.2, -0.15) is 0 Å². The van der Waals surface area contributed by atoms with E-state index in [-0.39, 0.29) is 5.83 Å². The van der Waals surface area contributed by atoms with Gasteiger partial charge in [-0.15, -0.1) is 0 Å². The molecule has 0 aromatic rings. The molecule has 0 saturated carbocycles. The maximum absolute atomic E-state index is 12.4. The van der Waals surface area contributed by atoms with Crippen molar-refractivity contribution in [1.82, 2.24) is 0 Å². The van der Waals surface area contributed by atoms with Gasteiger partial charge in [0, 0.05) is 5.70 Å². The molecule has 1 atom stereocenters. The minimum absolute atomic E-state index is 0.324. The Morgan fingerprint density at radius 2 is 2.33 bits per heavy atom. The molecular weight excluding hydrogens is 119 g/mol. The van der Waals surface area contributed by atoms with Crippen molar-refractivity contribution in [1.29, 1.82) is 0 Å². The molecule has 3 heteroatoms. The van der Waals surface area contributed by atoms with Crippen molar-refractivity contribution in [2.45, 2.75) is 12.5 Å². The zero-order valence-electron chi connectivity index (χ0n) is 4.97. The third-order valence-corrected chi connectivity index (χ3v) is 1.27. The van der Waals surface area contributed by atoms with Crippen LogP contribution in [0.2, 0.25) is 0 Å². The van der Waals surface area contributed by atoms with Gasteiger partial charge in [0.05, 0.1) is 6.04 Å². The smallest absolute Gasteiger partial charge is 0.119 e. The number of nitrogens with two attached hydrogens (primary N) is 2. The van der Waals surface area contributed by atoms with Gasteiger partial charge < -0.3 is 11.5 Å². The van der Waals surface area contributed by atoms with E-state index in [1.165, 1.54) is 6.08 Å². The molecule has 1 rings (SSSR count). The summed E-state index contributed by atoms with van der Waals surface area (Å²) in [6, 6.07) is -0.475. The summed E-state index contributed by atoms with van der Waals surface area (Å²) in [5, 5.41) is 0. The molecule has 0 aliphatic heterocycles. The Morgan fingerprint density at radius 1 is 1.67 bits per heavy atom. The maximum atomic E-state index is 12.4. The van der Waals surface area contributed by atoms with Crippen LogP contribution in [0.4, 0.5) is 4.39 Å². The quantitative estimate of drug-likeness (QED) is 0.496. The lowest BCUT2D eigenvalue weighted by Crippen LogP contribution is -2.22. The summed E-state index contributed by atoms with van der Waals surface area (Å²) in [7, 11) is 0. The molecule has 1 aliphatic rings. The third kappa shape index (κ3) is 1.29. The van der Waals surface area contributed by atoms with Crippen LogP contribution in [0.25, 0.3) is 0 Å². The number of rotatable bonds is 0. The highest BCUT2D eigenvalue weighted by atomic mass is 19.1. The first-order chi connectivity index (χ1) is 4.20. The van der Waals surface area contributed by atoms with E-state index in [1.54, 1.807) is 6.08 Å². The average molecular weight is 128 g/mol. The summed E-state index contributed by atoms with van der Waals surface area (Å²) in [6.07, 6.45) is 3.48. The average Bonchev–Trinajstić information content (AvgIpc) is 1.80. The number of halogens is 1. The molecule has 0 spiro atoms. The largest absolute Gasteiger partial charge is 0.399 e. The standard InChI is InChI=1S/C6H9FN2/c7-5-3-4(8)1-2-6(5)9/h1,3,6H,2,8-9H2. The number of hydrogen-bond acceptors (Lipinski definition) is 2. The van der Waals surface area contributed by atoms with Gasteiger partial charge in [-0.05, 0) is 12.5 Å². The minimum atomic E-state index is -0.475. The molecule has 0 aromatic heterocycles. The fourth-order valence-electron chi connectivity index (χ4n) is 0.701. The van der Waals surface area contributed by atoms with Gasteiger partial charge in [0.1, 0.15) is 5.83 Å². The normalized spacial score (nSPS) is 27.1. The van der Waals surface area contributed by atoms with E-state index >= 15 is 0 Å². The van der Waals surface area contributed by atoms with Crippen molar-refractivity contribution in [2.75, 3.05) is 0 Å². The van der Waals surface area contributed by atoms with E-state index in [4.69, 9.17) is 11.5 Å².